The maximum atomic E-state index is 12.4. The van der Waals surface area contributed by atoms with E-state index in [0.717, 1.165) is 31.6 Å². The molecule has 0 aliphatic carbocycles. The number of para-hydroxylation sites is 1. The zero-order valence-electron chi connectivity index (χ0n) is 13.3. The molecule has 1 heterocycles. The highest BCUT2D eigenvalue weighted by Gasteiger charge is 2.25. The van der Waals surface area contributed by atoms with Gasteiger partial charge >= 0.3 is 0 Å². The van der Waals surface area contributed by atoms with Crippen molar-refractivity contribution < 1.29 is 8.91 Å². The lowest BCUT2D eigenvalue weighted by Crippen LogP contribution is -2.46. The molecular weight excluding hydrogens is 248 g/mol. The maximum Gasteiger partial charge on any atom is 0.226 e. The zero-order valence-corrected chi connectivity index (χ0v) is 11.1. The van der Waals surface area contributed by atoms with E-state index in [0.29, 0.717) is 0 Å². The van der Waals surface area contributed by atoms with Gasteiger partial charge < -0.3 is 10.2 Å². The van der Waals surface area contributed by atoms with Crippen LogP contribution >= 0.6 is 12.4 Å². The van der Waals surface area contributed by atoms with Gasteiger partial charge in [0.05, 0.1) is 0 Å². The number of nitrogens with zero attached hydrogens (tertiary/aromatic N) is 1. The summed E-state index contributed by atoms with van der Waals surface area (Å²) in [5.41, 5.74) is 0.786. The molecular formula is C14H21ClN2O. The number of carbonyl (C=O) groups excluding carboxylic acids is 1. The van der Waals surface area contributed by atoms with Gasteiger partial charge in [-0.3, -0.25) is 4.79 Å². The minimum Gasteiger partial charge on any atom is -0.317 e. The normalized spacial score (nSPS) is 19.0. The minimum atomic E-state index is -2.23. The molecule has 0 atom stereocenters. The average molecular weight is 272 g/mol. The predicted octanol–water partition coefficient (Wildman–Crippen LogP) is 2.60. The Labute approximate surface area is 119 Å². The Hall–Kier alpha value is -1.06. The van der Waals surface area contributed by atoms with Crippen LogP contribution in [0.1, 0.15) is 30.2 Å². The lowest BCUT2D eigenvalue weighted by Gasteiger charge is -2.34. The number of hydrogen-bond acceptors (Lipinski definition) is 2. The van der Waals surface area contributed by atoms with Crippen molar-refractivity contribution in [2.75, 3.05) is 18.0 Å². The number of nitrogens with one attached hydrogen (secondary N) is 1. The number of amides is 1. The summed E-state index contributed by atoms with van der Waals surface area (Å²) in [4.78, 5) is 14.1. The molecule has 0 saturated carbocycles. The number of hydrogen-bond donors (Lipinski definition) is 1. The number of piperidine rings is 1. The maximum absolute atomic E-state index is 12.4. The summed E-state index contributed by atoms with van der Waals surface area (Å²) in [6, 6.07) is 9.42. The van der Waals surface area contributed by atoms with E-state index in [1.807, 2.05) is 30.3 Å². The fourth-order valence-electron chi connectivity index (χ4n) is 2.30. The standard InChI is InChI=1S/C14H20N2O.ClH/c1-2-14(17)16(12-6-4-3-5-7-12)13-8-10-15-11-9-13;/h3-7,13,15H,2,8-11H2,1H3;1H/i1D3;. The van der Waals surface area contributed by atoms with Crippen molar-refractivity contribution in [1.82, 2.24) is 5.32 Å². The third-order valence-electron chi connectivity index (χ3n) is 3.13. The Morgan fingerprint density at radius 2 is 2.06 bits per heavy atom. The molecule has 0 spiro atoms. The van der Waals surface area contributed by atoms with Crippen molar-refractivity contribution in [1.29, 1.82) is 0 Å². The van der Waals surface area contributed by atoms with Crippen LogP contribution in [0.3, 0.4) is 0 Å². The minimum absolute atomic E-state index is 0. The predicted molar refractivity (Wildman–Crippen MR) is 77.4 cm³/mol. The molecule has 2 rings (SSSR count). The first-order chi connectivity index (χ1) is 9.47. The topological polar surface area (TPSA) is 32.3 Å². The van der Waals surface area contributed by atoms with Gasteiger partial charge in [-0.1, -0.05) is 25.1 Å². The van der Waals surface area contributed by atoms with E-state index in [2.05, 4.69) is 5.32 Å². The summed E-state index contributed by atoms with van der Waals surface area (Å²) in [5.74, 6) is -0.317. The van der Waals surface area contributed by atoms with E-state index in [-0.39, 0.29) is 24.4 Å². The van der Waals surface area contributed by atoms with Crippen LogP contribution in [0.4, 0.5) is 5.69 Å². The van der Waals surface area contributed by atoms with Gasteiger partial charge in [0.1, 0.15) is 0 Å². The fourth-order valence-corrected chi connectivity index (χ4v) is 2.30. The van der Waals surface area contributed by atoms with Gasteiger partial charge in [0, 0.05) is 22.3 Å². The Morgan fingerprint density at radius 1 is 1.39 bits per heavy atom. The van der Waals surface area contributed by atoms with E-state index in [1.54, 1.807) is 4.90 Å². The fraction of sp³-hybridized carbons (Fsp3) is 0.500. The summed E-state index contributed by atoms with van der Waals surface area (Å²) < 4.78 is 21.9. The van der Waals surface area contributed by atoms with Crippen LogP contribution in [0, 0.1) is 0 Å². The molecule has 0 unspecified atom stereocenters. The molecule has 0 radical (unpaired) electrons. The molecule has 1 aliphatic heterocycles. The highest BCUT2D eigenvalue weighted by molar-refractivity contribution is 5.93. The summed E-state index contributed by atoms with van der Waals surface area (Å²) >= 11 is 0. The first-order valence-corrected chi connectivity index (χ1v) is 6.05. The van der Waals surface area contributed by atoms with Gasteiger partial charge in [-0.05, 0) is 38.1 Å². The molecule has 3 nitrogen and oxygen atoms in total. The van der Waals surface area contributed by atoms with Crippen molar-refractivity contribution in [2.45, 2.75) is 32.2 Å². The van der Waals surface area contributed by atoms with Gasteiger partial charge in [0.25, 0.3) is 0 Å². The molecule has 1 saturated heterocycles. The Morgan fingerprint density at radius 3 is 2.67 bits per heavy atom. The van der Waals surface area contributed by atoms with E-state index >= 15 is 0 Å². The molecule has 1 aromatic carbocycles. The zero-order chi connectivity index (χ0) is 14.6. The third-order valence-corrected chi connectivity index (χ3v) is 3.13. The molecule has 0 aromatic heterocycles. The molecule has 1 aliphatic rings. The van der Waals surface area contributed by atoms with Crippen LogP contribution in [0.25, 0.3) is 0 Å². The quantitative estimate of drug-likeness (QED) is 0.917. The Balaban J connectivity index is 0.00000220. The molecule has 18 heavy (non-hydrogen) atoms. The summed E-state index contributed by atoms with van der Waals surface area (Å²) in [6.45, 7) is -0.513. The van der Waals surface area contributed by atoms with E-state index in [9.17, 15) is 4.79 Å². The van der Waals surface area contributed by atoms with Crippen LogP contribution in [-0.2, 0) is 4.79 Å². The van der Waals surface area contributed by atoms with Gasteiger partial charge in [-0.15, -0.1) is 12.4 Å². The van der Waals surface area contributed by atoms with Crippen LogP contribution < -0.4 is 10.2 Å². The monoisotopic (exact) mass is 271 g/mol. The molecule has 1 amide bonds. The van der Waals surface area contributed by atoms with Crippen molar-refractivity contribution in [3.63, 3.8) is 0 Å². The number of halogens is 1. The Kier molecular flexibility index (Phi) is 4.45. The van der Waals surface area contributed by atoms with Gasteiger partial charge in [-0.2, -0.15) is 0 Å². The molecule has 1 fully saturated rings. The highest BCUT2D eigenvalue weighted by Crippen LogP contribution is 2.22. The lowest BCUT2D eigenvalue weighted by atomic mass is 10.0. The third kappa shape index (κ3) is 3.47. The molecule has 4 heteroatoms. The van der Waals surface area contributed by atoms with Crippen molar-refractivity contribution >= 4 is 24.0 Å². The molecule has 100 valence electrons. The van der Waals surface area contributed by atoms with Gasteiger partial charge in [0.15, 0.2) is 0 Å². The molecule has 1 aromatic rings. The van der Waals surface area contributed by atoms with Crippen molar-refractivity contribution in [3.8, 4) is 0 Å². The smallest absolute Gasteiger partial charge is 0.226 e. The summed E-state index contributed by atoms with van der Waals surface area (Å²) in [7, 11) is 0. The highest BCUT2D eigenvalue weighted by atomic mass is 35.5. The van der Waals surface area contributed by atoms with Crippen LogP contribution in [0.2, 0.25) is 0 Å². The average Bonchev–Trinajstić information content (AvgIpc) is 2.39. The van der Waals surface area contributed by atoms with Crippen LogP contribution in [0.5, 0.6) is 0 Å². The van der Waals surface area contributed by atoms with Gasteiger partial charge in [-0.25, -0.2) is 0 Å². The first-order valence-electron chi connectivity index (χ1n) is 7.55. The number of benzene rings is 1. The molecule has 1 N–H and O–H groups in total. The van der Waals surface area contributed by atoms with E-state index < -0.39 is 13.3 Å². The van der Waals surface area contributed by atoms with E-state index in [1.165, 1.54) is 0 Å². The largest absolute Gasteiger partial charge is 0.317 e. The van der Waals surface area contributed by atoms with Gasteiger partial charge in [0.2, 0.25) is 5.91 Å². The van der Waals surface area contributed by atoms with Crippen molar-refractivity contribution in [2.24, 2.45) is 0 Å². The lowest BCUT2D eigenvalue weighted by molar-refractivity contribution is -0.118. The van der Waals surface area contributed by atoms with Crippen molar-refractivity contribution in [3.05, 3.63) is 30.3 Å². The molecule has 0 bridgehead atoms. The number of anilines is 1. The number of carbonyl (C=O) groups is 1. The SMILES string of the molecule is Cl.[2H]C([2H])([2H])CC(=O)N(c1ccccc1)C1CCNCC1. The summed E-state index contributed by atoms with van der Waals surface area (Å²) in [5, 5.41) is 3.26. The second-order valence-corrected chi connectivity index (χ2v) is 4.26. The first kappa shape index (κ1) is 10.8. The second kappa shape index (κ2) is 7.39. The van der Waals surface area contributed by atoms with Crippen LogP contribution in [-0.4, -0.2) is 25.0 Å². The van der Waals surface area contributed by atoms with E-state index in [4.69, 9.17) is 4.11 Å². The summed E-state index contributed by atoms with van der Waals surface area (Å²) in [6.07, 6.45) is 1.29. The number of rotatable bonds is 3. The van der Waals surface area contributed by atoms with Crippen LogP contribution in [0.15, 0.2) is 30.3 Å². The second-order valence-electron chi connectivity index (χ2n) is 4.26. The Bertz CT molecular complexity index is 447.